The Balaban J connectivity index is 2.14. The fourth-order valence-electron chi connectivity index (χ4n) is 2.07. The summed E-state index contributed by atoms with van der Waals surface area (Å²) in [5.74, 6) is 0.852. The van der Waals surface area contributed by atoms with Crippen LogP contribution in [0.1, 0.15) is 0 Å². The maximum Gasteiger partial charge on any atom is 0.224 e. The number of hydrogen-bond donors (Lipinski definition) is 0. The van der Waals surface area contributed by atoms with Crippen LogP contribution in [0.2, 0.25) is 10.3 Å². The summed E-state index contributed by atoms with van der Waals surface area (Å²) in [5.41, 5.74) is 0.768. The van der Waals surface area contributed by atoms with Gasteiger partial charge in [-0.3, -0.25) is 0 Å². The molecule has 0 saturated carbocycles. The first-order chi connectivity index (χ1) is 8.74. The van der Waals surface area contributed by atoms with Crippen molar-refractivity contribution in [3.05, 3.63) is 28.5 Å². The van der Waals surface area contributed by atoms with Crippen LogP contribution in [0.15, 0.2) is 18.2 Å². The molecule has 0 aliphatic carbocycles. The minimum atomic E-state index is 0.242. The molecule has 3 rings (SSSR count). The van der Waals surface area contributed by atoms with Crippen molar-refractivity contribution >= 4 is 39.9 Å². The van der Waals surface area contributed by atoms with Crippen molar-refractivity contribution in [2.45, 2.75) is 0 Å². The Bertz CT molecular complexity index is 580. The molecule has 6 heteroatoms. The third-order valence-corrected chi connectivity index (χ3v) is 3.33. The second kappa shape index (κ2) is 4.88. The number of fused-ring (bicyclic) bond motifs is 1. The number of rotatable bonds is 1. The van der Waals surface area contributed by atoms with Gasteiger partial charge in [0.15, 0.2) is 0 Å². The van der Waals surface area contributed by atoms with Crippen LogP contribution in [-0.2, 0) is 4.74 Å². The van der Waals surface area contributed by atoms with E-state index in [1.807, 2.05) is 12.1 Å². The molecule has 94 valence electrons. The molecule has 0 radical (unpaired) electrons. The van der Waals surface area contributed by atoms with E-state index in [0.29, 0.717) is 18.2 Å². The quantitative estimate of drug-likeness (QED) is 0.755. The normalized spacial score (nSPS) is 16.2. The largest absolute Gasteiger partial charge is 0.378 e. The molecule has 0 spiro atoms. The predicted molar refractivity (Wildman–Crippen MR) is 72.6 cm³/mol. The van der Waals surface area contributed by atoms with Crippen molar-refractivity contribution in [2.24, 2.45) is 0 Å². The van der Waals surface area contributed by atoms with E-state index in [9.17, 15) is 0 Å². The maximum absolute atomic E-state index is 5.97. The molecule has 1 aliphatic heterocycles. The van der Waals surface area contributed by atoms with Crippen molar-refractivity contribution in [3.63, 3.8) is 0 Å². The lowest BCUT2D eigenvalue weighted by Gasteiger charge is -2.28. The summed E-state index contributed by atoms with van der Waals surface area (Å²) in [6.07, 6.45) is 0. The van der Waals surface area contributed by atoms with Crippen LogP contribution in [0.25, 0.3) is 10.9 Å². The standard InChI is InChI=1S/C12H11Cl2N3O/c13-8-1-2-9-10(7-8)15-12(14)16-11(9)17-3-5-18-6-4-17/h1-2,7H,3-6H2. The van der Waals surface area contributed by atoms with Crippen molar-refractivity contribution < 1.29 is 4.74 Å². The van der Waals surface area contributed by atoms with E-state index in [4.69, 9.17) is 27.9 Å². The van der Waals surface area contributed by atoms with Crippen molar-refractivity contribution in [1.29, 1.82) is 0 Å². The highest BCUT2D eigenvalue weighted by atomic mass is 35.5. The van der Waals surface area contributed by atoms with Gasteiger partial charge >= 0.3 is 0 Å². The number of benzene rings is 1. The monoisotopic (exact) mass is 283 g/mol. The molecule has 1 aliphatic rings. The van der Waals surface area contributed by atoms with Gasteiger partial charge in [-0.15, -0.1) is 0 Å². The van der Waals surface area contributed by atoms with E-state index in [0.717, 1.165) is 29.8 Å². The first kappa shape index (κ1) is 12.0. The average molecular weight is 284 g/mol. The third-order valence-electron chi connectivity index (χ3n) is 2.92. The Morgan fingerprint density at radius 1 is 1.11 bits per heavy atom. The van der Waals surface area contributed by atoms with E-state index in [1.54, 1.807) is 6.07 Å². The van der Waals surface area contributed by atoms with Gasteiger partial charge in [-0.2, -0.15) is 4.98 Å². The molecular weight excluding hydrogens is 273 g/mol. The molecule has 0 atom stereocenters. The maximum atomic E-state index is 5.97. The summed E-state index contributed by atoms with van der Waals surface area (Å²) in [6.45, 7) is 3.03. The van der Waals surface area contributed by atoms with Crippen molar-refractivity contribution in [2.75, 3.05) is 31.2 Å². The van der Waals surface area contributed by atoms with Gasteiger partial charge in [0.2, 0.25) is 5.28 Å². The minimum absolute atomic E-state index is 0.242. The number of morpholine rings is 1. The average Bonchev–Trinajstić information content (AvgIpc) is 2.38. The van der Waals surface area contributed by atoms with E-state index in [1.165, 1.54) is 0 Å². The number of ether oxygens (including phenoxy) is 1. The van der Waals surface area contributed by atoms with E-state index >= 15 is 0 Å². The molecule has 1 saturated heterocycles. The second-order valence-electron chi connectivity index (χ2n) is 4.08. The molecule has 2 heterocycles. The van der Waals surface area contributed by atoms with Gasteiger partial charge in [-0.25, -0.2) is 4.98 Å². The van der Waals surface area contributed by atoms with Crippen molar-refractivity contribution in [1.82, 2.24) is 9.97 Å². The molecule has 4 nitrogen and oxygen atoms in total. The van der Waals surface area contributed by atoms with Gasteiger partial charge in [0.05, 0.1) is 18.7 Å². The first-order valence-electron chi connectivity index (χ1n) is 5.69. The number of anilines is 1. The topological polar surface area (TPSA) is 38.2 Å². The van der Waals surface area contributed by atoms with Gasteiger partial charge in [0.1, 0.15) is 5.82 Å². The third kappa shape index (κ3) is 2.23. The summed E-state index contributed by atoms with van der Waals surface area (Å²) in [4.78, 5) is 10.7. The molecule has 0 amide bonds. The molecule has 2 aromatic rings. The lowest BCUT2D eigenvalue weighted by molar-refractivity contribution is 0.122. The molecule has 0 N–H and O–H groups in total. The zero-order chi connectivity index (χ0) is 12.5. The molecule has 1 aromatic heterocycles. The zero-order valence-electron chi connectivity index (χ0n) is 9.57. The Hall–Kier alpha value is -1.10. The summed E-state index contributed by atoms with van der Waals surface area (Å²) >= 11 is 11.9. The highest BCUT2D eigenvalue weighted by Gasteiger charge is 2.16. The smallest absolute Gasteiger partial charge is 0.224 e. The number of halogens is 2. The lowest BCUT2D eigenvalue weighted by atomic mass is 10.2. The SMILES string of the molecule is Clc1ccc2c(N3CCOCC3)nc(Cl)nc2c1. The Kier molecular flexibility index (Phi) is 3.24. The Labute approximate surface area is 114 Å². The van der Waals surface area contributed by atoms with Crippen LogP contribution in [0, 0.1) is 0 Å². The summed E-state index contributed by atoms with van der Waals surface area (Å²) in [6, 6.07) is 5.57. The second-order valence-corrected chi connectivity index (χ2v) is 4.85. The Morgan fingerprint density at radius 2 is 1.89 bits per heavy atom. The first-order valence-corrected chi connectivity index (χ1v) is 6.45. The highest BCUT2D eigenvalue weighted by molar-refractivity contribution is 6.31. The molecular formula is C12H11Cl2N3O. The lowest BCUT2D eigenvalue weighted by Crippen LogP contribution is -2.37. The predicted octanol–water partition coefficient (Wildman–Crippen LogP) is 2.77. The highest BCUT2D eigenvalue weighted by Crippen LogP contribution is 2.27. The molecule has 1 aromatic carbocycles. The van der Waals surface area contributed by atoms with Crippen LogP contribution >= 0.6 is 23.2 Å². The van der Waals surface area contributed by atoms with E-state index in [-0.39, 0.29) is 5.28 Å². The van der Waals surface area contributed by atoms with Crippen LogP contribution in [0.4, 0.5) is 5.82 Å². The van der Waals surface area contributed by atoms with Crippen LogP contribution < -0.4 is 4.90 Å². The van der Waals surface area contributed by atoms with Crippen LogP contribution in [0.3, 0.4) is 0 Å². The van der Waals surface area contributed by atoms with Gasteiger partial charge in [-0.1, -0.05) is 11.6 Å². The van der Waals surface area contributed by atoms with E-state index in [2.05, 4.69) is 14.9 Å². The molecule has 0 unspecified atom stereocenters. The number of hydrogen-bond acceptors (Lipinski definition) is 4. The molecule has 1 fully saturated rings. The summed E-state index contributed by atoms with van der Waals surface area (Å²) in [5, 5.41) is 1.85. The van der Waals surface area contributed by atoms with Gasteiger partial charge in [0.25, 0.3) is 0 Å². The summed E-state index contributed by atoms with van der Waals surface area (Å²) in [7, 11) is 0. The molecule has 0 bridgehead atoms. The van der Waals surface area contributed by atoms with Crippen LogP contribution in [0.5, 0.6) is 0 Å². The fraction of sp³-hybridized carbons (Fsp3) is 0.333. The van der Waals surface area contributed by atoms with Crippen LogP contribution in [-0.4, -0.2) is 36.3 Å². The van der Waals surface area contributed by atoms with Crippen molar-refractivity contribution in [3.8, 4) is 0 Å². The fourth-order valence-corrected chi connectivity index (χ4v) is 2.41. The minimum Gasteiger partial charge on any atom is -0.378 e. The number of nitrogens with zero attached hydrogens (tertiary/aromatic N) is 3. The van der Waals surface area contributed by atoms with Gasteiger partial charge in [0, 0.05) is 23.5 Å². The zero-order valence-corrected chi connectivity index (χ0v) is 11.1. The number of aromatic nitrogens is 2. The summed E-state index contributed by atoms with van der Waals surface area (Å²) < 4.78 is 5.34. The van der Waals surface area contributed by atoms with Gasteiger partial charge in [-0.05, 0) is 29.8 Å². The van der Waals surface area contributed by atoms with Gasteiger partial charge < -0.3 is 9.64 Å². The Morgan fingerprint density at radius 3 is 2.67 bits per heavy atom. The van der Waals surface area contributed by atoms with E-state index < -0.39 is 0 Å². The molecule has 18 heavy (non-hydrogen) atoms.